The number of hydrogen-bond acceptors (Lipinski definition) is 5. The van der Waals surface area contributed by atoms with E-state index >= 15 is 0 Å². The molecule has 1 atom stereocenters. The molecule has 8 heteroatoms. The van der Waals surface area contributed by atoms with Crippen LogP contribution < -0.4 is 10.6 Å². The molecule has 1 unspecified atom stereocenters. The first-order valence-electron chi connectivity index (χ1n) is 5.79. The van der Waals surface area contributed by atoms with E-state index in [1.54, 1.807) is 12.1 Å². The van der Waals surface area contributed by atoms with Crippen molar-refractivity contribution in [1.82, 2.24) is 10.6 Å². The van der Waals surface area contributed by atoms with Gasteiger partial charge in [-0.3, -0.25) is 9.59 Å². The maximum Gasteiger partial charge on any atom is 0.328 e. The van der Waals surface area contributed by atoms with Crippen LogP contribution in [0.1, 0.15) is 14.5 Å². The summed E-state index contributed by atoms with van der Waals surface area (Å²) in [4.78, 5) is 35.5. The maximum absolute atomic E-state index is 11.7. The quantitative estimate of drug-likeness (QED) is 0.657. The molecule has 2 amide bonds. The minimum atomic E-state index is -1.19. The third-order valence-electron chi connectivity index (χ3n) is 2.34. The highest BCUT2D eigenvalue weighted by atomic mass is 32.1. The summed E-state index contributed by atoms with van der Waals surface area (Å²) in [5, 5.41) is 13.5. The van der Waals surface area contributed by atoms with Crippen molar-refractivity contribution in [1.29, 1.82) is 0 Å². The van der Waals surface area contributed by atoms with Crippen LogP contribution in [0, 0.1) is 6.92 Å². The SMILES string of the molecule is COCC(NC(=O)CNC(=O)c1ccc(C)s1)C(=O)O. The van der Waals surface area contributed by atoms with E-state index < -0.39 is 17.9 Å². The number of carbonyl (C=O) groups is 3. The van der Waals surface area contributed by atoms with Gasteiger partial charge in [0.2, 0.25) is 5.91 Å². The molecule has 7 nitrogen and oxygen atoms in total. The highest BCUT2D eigenvalue weighted by Crippen LogP contribution is 2.14. The Morgan fingerprint density at radius 1 is 1.40 bits per heavy atom. The number of aryl methyl sites for hydroxylation is 1. The Hall–Kier alpha value is -1.93. The molecule has 1 aromatic rings. The Labute approximate surface area is 119 Å². The van der Waals surface area contributed by atoms with Gasteiger partial charge in [-0.2, -0.15) is 0 Å². The van der Waals surface area contributed by atoms with Gasteiger partial charge in [0.1, 0.15) is 0 Å². The minimum absolute atomic E-state index is 0.140. The predicted molar refractivity (Wildman–Crippen MR) is 72.8 cm³/mol. The second-order valence-electron chi connectivity index (χ2n) is 4.01. The summed E-state index contributed by atoms with van der Waals surface area (Å²) in [7, 11) is 1.34. The number of carbonyl (C=O) groups excluding carboxylic acids is 2. The number of thiophene rings is 1. The van der Waals surface area contributed by atoms with Crippen molar-refractivity contribution in [3.05, 3.63) is 21.9 Å². The topological polar surface area (TPSA) is 105 Å². The van der Waals surface area contributed by atoms with Gasteiger partial charge in [0, 0.05) is 12.0 Å². The Morgan fingerprint density at radius 2 is 2.10 bits per heavy atom. The minimum Gasteiger partial charge on any atom is -0.480 e. The van der Waals surface area contributed by atoms with Crippen LogP contribution in [0.5, 0.6) is 0 Å². The van der Waals surface area contributed by atoms with Gasteiger partial charge in [0.15, 0.2) is 6.04 Å². The van der Waals surface area contributed by atoms with E-state index in [4.69, 9.17) is 5.11 Å². The molecule has 110 valence electrons. The molecular formula is C12H16N2O5S. The maximum atomic E-state index is 11.7. The predicted octanol–water partition coefficient (Wildman–Crippen LogP) is 0.00212. The van der Waals surface area contributed by atoms with Crippen molar-refractivity contribution in [3.63, 3.8) is 0 Å². The van der Waals surface area contributed by atoms with Gasteiger partial charge in [-0.05, 0) is 19.1 Å². The highest BCUT2D eigenvalue weighted by molar-refractivity contribution is 7.13. The van der Waals surface area contributed by atoms with Gasteiger partial charge in [-0.15, -0.1) is 11.3 Å². The number of amides is 2. The molecule has 1 heterocycles. The molecule has 0 bridgehead atoms. The Balaban J connectivity index is 2.42. The molecule has 1 rings (SSSR count). The Bertz CT molecular complexity index is 500. The first-order valence-corrected chi connectivity index (χ1v) is 6.61. The lowest BCUT2D eigenvalue weighted by Crippen LogP contribution is -2.47. The first-order chi connectivity index (χ1) is 9.43. The van der Waals surface area contributed by atoms with E-state index in [0.29, 0.717) is 4.88 Å². The van der Waals surface area contributed by atoms with E-state index in [2.05, 4.69) is 15.4 Å². The third-order valence-corrected chi connectivity index (χ3v) is 3.34. The summed E-state index contributed by atoms with van der Waals surface area (Å²) < 4.78 is 4.68. The standard InChI is InChI=1S/C12H16N2O5S/c1-7-3-4-9(20-7)11(16)13-5-10(15)14-8(6-19-2)12(17)18/h3-4,8H,5-6H2,1-2H3,(H,13,16)(H,14,15)(H,17,18). The van der Waals surface area contributed by atoms with Gasteiger partial charge >= 0.3 is 5.97 Å². The summed E-state index contributed by atoms with van der Waals surface area (Å²) in [5.74, 6) is -2.15. The fraction of sp³-hybridized carbons (Fsp3) is 0.417. The van der Waals surface area contributed by atoms with Crippen LogP contribution in [0.4, 0.5) is 0 Å². The molecule has 0 radical (unpaired) electrons. The molecular weight excluding hydrogens is 284 g/mol. The average Bonchev–Trinajstić information content (AvgIpc) is 2.82. The van der Waals surface area contributed by atoms with Crippen LogP contribution >= 0.6 is 11.3 Å². The second-order valence-corrected chi connectivity index (χ2v) is 5.29. The lowest BCUT2D eigenvalue weighted by atomic mass is 10.3. The molecule has 0 aliphatic carbocycles. The molecule has 0 fully saturated rings. The largest absolute Gasteiger partial charge is 0.480 e. The zero-order valence-electron chi connectivity index (χ0n) is 11.1. The zero-order valence-corrected chi connectivity index (χ0v) is 12.0. The third kappa shape index (κ3) is 4.98. The van der Waals surface area contributed by atoms with Gasteiger partial charge in [-0.1, -0.05) is 0 Å². The van der Waals surface area contributed by atoms with Crippen molar-refractivity contribution in [3.8, 4) is 0 Å². The molecule has 3 N–H and O–H groups in total. The van der Waals surface area contributed by atoms with Crippen LogP contribution in [-0.2, 0) is 14.3 Å². The summed E-state index contributed by atoms with van der Waals surface area (Å²) >= 11 is 1.32. The second kappa shape index (κ2) is 7.61. The fourth-order valence-corrected chi connectivity index (χ4v) is 2.17. The number of carboxylic acid groups (broad SMARTS) is 1. The highest BCUT2D eigenvalue weighted by Gasteiger charge is 2.20. The van der Waals surface area contributed by atoms with Gasteiger partial charge in [0.05, 0.1) is 18.0 Å². The molecule has 0 aliphatic heterocycles. The Kier molecular flexibility index (Phi) is 6.13. The smallest absolute Gasteiger partial charge is 0.328 e. The molecule has 0 aliphatic rings. The Morgan fingerprint density at radius 3 is 2.60 bits per heavy atom. The molecule has 0 saturated heterocycles. The summed E-state index contributed by atoms with van der Waals surface area (Å²) in [6.07, 6.45) is 0. The fourth-order valence-electron chi connectivity index (χ4n) is 1.39. The van der Waals surface area contributed by atoms with Crippen LogP contribution in [0.25, 0.3) is 0 Å². The van der Waals surface area contributed by atoms with Crippen LogP contribution in [0.3, 0.4) is 0 Å². The monoisotopic (exact) mass is 300 g/mol. The summed E-state index contributed by atoms with van der Waals surface area (Å²) in [6, 6.07) is 2.34. The molecule has 0 aromatic carbocycles. The van der Waals surface area contributed by atoms with E-state index in [1.165, 1.54) is 18.4 Å². The van der Waals surface area contributed by atoms with Crippen molar-refractivity contribution in [2.45, 2.75) is 13.0 Å². The van der Waals surface area contributed by atoms with E-state index in [1.807, 2.05) is 6.92 Å². The van der Waals surface area contributed by atoms with Gasteiger partial charge < -0.3 is 20.5 Å². The van der Waals surface area contributed by atoms with Gasteiger partial charge in [0.25, 0.3) is 5.91 Å². The van der Waals surface area contributed by atoms with Crippen LogP contribution in [0.2, 0.25) is 0 Å². The van der Waals surface area contributed by atoms with Crippen molar-refractivity contribution in [2.24, 2.45) is 0 Å². The molecule has 0 saturated carbocycles. The van der Waals surface area contributed by atoms with E-state index in [9.17, 15) is 14.4 Å². The number of aliphatic carboxylic acids is 1. The van der Waals surface area contributed by atoms with Crippen molar-refractivity contribution in [2.75, 3.05) is 20.3 Å². The lowest BCUT2D eigenvalue weighted by Gasteiger charge is -2.13. The summed E-state index contributed by atoms with van der Waals surface area (Å²) in [5.41, 5.74) is 0. The molecule has 20 heavy (non-hydrogen) atoms. The lowest BCUT2D eigenvalue weighted by molar-refractivity contribution is -0.143. The number of carboxylic acids is 1. The van der Waals surface area contributed by atoms with Crippen molar-refractivity contribution < 1.29 is 24.2 Å². The number of methoxy groups -OCH3 is 1. The first kappa shape index (κ1) is 16.1. The number of ether oxygens (including phenoxy) is 1. The van der Waals surface area contributed by atoms with Crippen molar-refractivity contribution >= 4 is 29.1 Å². The number of rotatable bonds is 7. The van der Waals surface area contributed by atoms with Gasteiger partial charge in [-0.25, -0.2) is 4.79 Å². The normalized spacial score (nSPS) is 11.7. The number of nitrogens with one attached hydrogen (secondary N) is 2. The van der Waals surface area contributed by atoms with E-state index in [0.717, 1.165) is 4.88 Å². The summed E-state index contributed by atoms with van der Waals surface area (Å²) in [6.45, 7) is 1.44. The van der Waals surface area contributed by atoms with Crippen LogP contribution in [0.15, 0.2) is 12.1 Å². The number of hydrogen-bond donors (Lipinski definition) is 3. The average molecular weight is 300 g/mol. The zero-order chi connectivity index (χ0) is 15.1. The molecule has 1 aromatic heterocycles. The molecule has 0 spiro atoms. The van der Waals surface area contributed by atoms with Crippen LogP contribution in [-0.4, -0.2) is 49.2 Å². The van der Waals surface area contributed by atoms with E-state index in [-0.39, 0.29) is 19.1 Å².